The third kappa shape index (κ3) is 1.66. The Labute approximate surface area is 109 Å². The van der Waals surface area contributed by atoms with Crippen molar-refractivity contribution in [1.29, 1.82) is 0 Å². The summed E-state index contributed by atoms with van der Waals surface area (Å²) in [6, 6.07) is 6.22. The van der Waals surface area contributed by atoms with Crippen LogP contribution in [0, 0.1) is 5.41 Å². The number of hydrogen-bond acceptors (Lipinski definition) is 2. The molecule has 1 saturated carbocycles. The number of carbonyl (C=O) groups is 1. The number of halogens is 1. The number of fused-ring (bicyclic) bond motifs is 2. The molecule has 1 aliphatic heterocycles. The lowest BCUT2D eigenvalue weighted by Gasteiger charge is -2.27. The van der Waals surface area contributed by atoms with Crippen molar-refractivity contribution in [2.24, 2.45) is 5.41 Å². The average molecular weight is 295 g/mol. The van der Waals surface area contributed by atoms with Crippen LogP contribution < -0.4 is 10.6 Å². The molecule has 1 aromatic carbocycles. The van der Waals surface area contributed by atoms with E-state index in [-0.39, 0.29) is 17.4 Å². The fourth-order valence-corrected chi connectivity index (χ4v) is 3.23. The first-order chi connectivity index (χ1) is 8.09. The Hall–Kier alpha value is -1.03. The van der Waals surface area contributed by atoms with Gasteiger partial charge in [0, 0.05) is 10.5 Å². The van der Waals surface area contributed by atoms with Gasteiger partial charge in [0.15, 0.2) is 0 Å². The van der Waals surface area contributed by atoms with Gasteiger partial charge in [0.05, 0.1) is 16.8 Å². The second-order valence-electron chi connectivity index (χ2n) is 5.15. The molecule has 90 valence electrons. The van der Waals surface area contributed by atoms with Crippen molar-refractivity contribution in [2.75, 3.05) is 10.6 Å². The highest BCUT2D eigenvalue weighted by atomic mass is 79.9. The van der Waals surface area contributed by atoms with E-state index >= 15 is 0 Å². The van der Waals surface area contributed by atoms with Gasteiger partial charge in [-0.25, -0.2) is 0 Å². The van der Waals surface area contributed by atoms with Crippen molar-refractivity contribution in [2.45, 2.75) is 32.2 Å². The van der Waals surface area contributed by atoms with Gasteiger partial charge in [0.25, 0.3) is 0 Å². The summed E-state index contributed by atoms with van der Waals surface area (Å²) in [4.78, 5) is 12.3. The normalized spacial score (nSPS) is 30.9. The van der Waals surface area contributed by atoms with Crippen molar-refractivity contribution in [1.82, 2.24) is 0 Å². The van der Waals surface area contributed by atoms with Crippen LogP contribution in [0.5, 0.6) is 0 Å². The third-order valence-electron chi connectivity index (χ3n) is 4.04. The highest BCUT2D eigenvalue weighted by molar-refractivity contribution is 9.10. The number of carbonyl (C=O) groups excluding carboxylic acids is 1. The van der Waals surface area contributed by atoms with E-state index < -0.39 is 0 Å². The molecule has 1 heterocycles. The molecule has 1 fully saturated rings. The SMILES string of the molecule is CC12CCCC1Nc1ccc(Br)cc1NC2=O. The molecule has 0 bridgehead atoms. The molecule has 4 heteroatoms. The first-order valence-electron chi connectivity index (χ1n) is 5.97. The molecule has 3 nitrogen and oxygen atoms in total. The van der Waals surface area contributed by atoms with Gasteiger partial charge in [-0.15, -0.1) is 0 Å². The van der Waals surface area contributed by atoms with Crippen molar-refractivity contribution >= 4 is 33.2 Å². The summed E-state index contributed by atoms with van der Waals surface area (Å²) in [5.41, 5.74) is 1.63. The van der Waals surface area contributed by atoms with E-state index in [2.05, 4.69) is 33.5 Å². The highest BCUT2D eigenvalue weighted by Crippen LogP contribution is 2.44. The Bertz CT molecular complexity index is 488. The van der Waals surface area contributed by atoms with Gasteiger partial charge >= 0.3 is 0 Å². The second kappa shape index (κ2) is 3.73. The largest absolute Gasteiger partial charge is 0.380 e. The van der Waals surface area contributed by atoms with Gasteiger partial charge in [0.1, 0.15) is 0 Å². The predicted octanol–water partition coefficient (Wildman–Crippen LogP) is 3.37. The Kier molecular flexibility index (Phi) is 2.43. The van der Waals surface area contributed by atoms with Crippen molar-refractivity contribution in [3.05, 3.63) is 22.7 Å². The molecule has 0 spiro atoms. The quantitative estimate of drug-likeness (QED) is 0.770. The van der Waals surface area contributed by atoms with Crippen LogP contribution in [0.4, 0.5) is 11.4 Å². The van der Waals surface area contributed by atoms with Gasteiger partial charge in [-0.1, -0.05) is 22.4 Å². The smallest absolute Gasteiger partial charge is 0.232 e. The minimum Gasteiger partial charge on any atom is -0.380 e. The zero-order valence-corrected chi connectivity index (χ0v) is 11.3. The maximum absolute atomic E-state index is 12.3. The Morgan fingerprint density at radius 1 is 1.41 bits per heavy atom. The fourth-order valence-electron chi connectivity index (χ4n) is 2.87. The monoisotopic (exact) mass is 294 g/mol. The van der Waals surface area contributed by atoms with Crippen LogP contribution in [-0.2, 0) is 4.79 Å². The third-order valence-corrected chi connectivity index (χ3v) is 4.53. The predicted molar refractivity (Wildman–Crippen MR) is 72.1 cm³/mol. The molecule has 17 heavy (non-hydrogen) atoms. The molecule has 0 radical (unpaired) electrons. The summed E-state index contributed by atoms with van der Waals surface area (Å²) in [6.45, 7) is 2.06. The zero-order chi connectivity index (χ0) is 12.0. The standard InChI is InChI=1S/C13H15BrN2O/c1-13-6-2-3-11(13)15-9-5-4-8(14)7-10(9)16-12(13)17/h4-5,7,11,15H,2-3,6H2,1H3,(H,16,17). The molecule has 2 unspecified atom stereocenters. The van der Waals surface area contributed by atoms with E-state index in [4.69, 9.17) is 0 Å². The Balaban J connectivity index is 2.06. The van der Waals surface area contributed by atoms with E-state index in [1.807, 2.05) is 18.2 Å². The van der Waals surface area contributed by atoms with Crippen LogP contribution in [0.15, 0.2) is 22.7 Å². The van der Waals surface area contributed by atoms with Gasteiger partial charge in [-0.2, -0.15) is 0 Å². The van der Waals surface area contributed by atoms with Crippen molar-refractivity contribution in [3.63, 3.8) is 0 Å². The molecule has 0 aromatic heterocycles. The fraction of sp³-hybridized carbons (Fsp3) is 0.462. The van der Waals surface area contributed by atoms with Gasteiger partial charge in [0.2, 0.25) is 5.91 Å². The molecule has 2 aliphatic rings. The van der Waals surface area contributed by atoms with Gasteiger partial charge < -0.3 is 10.6 Å². The lowest BCUT2D eigenvalue weighted by molar-refractivity contribution is -0.124. The summed E-state index contributed by atoms with van der Waals surface area (Å²) >= 11 is 3.43. The van der Waals surface area contributed by atoms with E-state index in [0.717, 1.165) is 35.1 Å². The second-order valence-corrected chi connectivity index (χ2v) is 6.07. The molecular formula is C13H15BrN2O. The molecular weight excluding hydrogens is 280 g/mol. The van der Waals surface area contributed by atoms with Crippen molar-refractivity contribution in [3.8, 4) is 0 Å². The molecule has 0 saturated heterocycles. The van der Waals surface area contributed by atoms with E-state index in [9.17, 15) is 4.79 Å². The molecule has 2 atom stereocenters. The van der Waals surface area contributed by atoms with Crippen LogP contribution in [0.1, 0.15) is 26.2 Å². The molecule has 1 amide bonds. The maximum atomic E-state index is 12.3. The van der Waals surface area contributed by atoms with Gasteiger partial charge in [-0.3, -0.25) is 4.79 Å². The number of anilines is 2. The number of rotatable bonds is 0. The highest BCUT2D eigenvalue weighted by Gasteiger charge is 2.46. The van der Waals surface area contributed by atoms with Crippen molar-refractivity contribution < 1.29 is 4.79 Å². The summed E-state index contributed by atoms with van der Waals surface area (Å²) in [7, 11) is 0. The number of hydrogen-bond donors (Lipinski definition) is 2. The summed E-state index contributed by atoms with van der Waals surface area (Å²) < 4.78 is 0.982. The van der Waals surface area contributed by atoms with Gasteiger partial charge in [-0.05, 0) is 38.0 Å². The van der Waals surface area contributed by atoms with E-state index in [1.165, 1.54) is 0 Å². The van der Waals surface area contributed by atoms with E-state index in [0.29, 0.717) is 0 Å². The first kappa shape index (κ1) is 11.1. The number of amides is 1. The topological polar surface area (TPSA) is 41.1 Å². The van der Waals surface area contributed by atoms with Crippen LogP contribution in [-0.4, -0.2) is 11.9 Å². The van der Waals surface area contributed by atoms with Crippen LogP contribution in [0.2, 0.25) is 0 Å². The molecule has 3 rings (SSSR count). The van der Waals surface area contributed by atoms with Crippen LogP contribution >= 0.6 is 15.9 Å². The number of benzene rings is 1. The minimum absolute atomic E-state index is 0.143. The van der Waals surface area contributed by atoms with Crippen LogP contribution in [0.25, 0.3) is 0 Å². The zero-order valence-electron chi connectivity index (χ0n) is 9.72. The summed E-state index contributed by atoms with van der Waals surface area (Å²) in [5.74, 6) is 0.143. The average Bonchev–Trinajstić information content (AvgIpc) is 2.61. The maximum Gasteiger partial charge on any atom is 0.232 e. The number of nitrogens with one attached hydrogen (secondary N) is 2. The lowest BCUT2D eigenvalue weighted by atomic mass is 9.84. The molecule has 1 aliphatic carbocycles. The minimum atomic E-state index is -0.272. The molecule has 1 aromatic rings. The van der Waals surface area contributed by atoms with E-state index in [1.54, 1.807) is 0 Å². The summed E-state index contributed by atoms with van der Waals surface area (Å²) in [6.07, 6.45) is 3.15. The Morgan fingerprint density at radius 2 is 2.24 bits per heavy atom. The molecule has 2 N–H and O–H groups in total. The summed E-state index contributed by atoms with van der Waals surface area (Å²) in [5, 5.41) is 6.56. The lowest BCUT2D eigenvalue weighted by Crippen LogP contribution is -2.41. The van der Waals surface area contributed by atoms with Crippen LogP contribution in [0.3, 0.4) is 0 Å². The Morgan fingerprint density at radius 3 is 3.06 bits per heavy atom. The first-order valence-corrected chi connectivity index (χ1v) is 6.76.